The highest BCUT2D eigenvalue weighted by molar-refractivity contribution is 5.94. The van der Waals surface area contributed by atoms with Gasteiger partial charge in [0.2, 0.25) is 5.88 Å². The van der Waals surface area contributed by atoms with Crippen molar-refractivity contribution in [2.24, 2.45) is 0 Å². The van der Waals surface area contributed by atoms with Crippen LogP contribution in [0.4, 0.5) is 14.6 Å². The van der Waals surface area contributed by atoms with Gasteiger partial charge in [-0.1, -0.05) is 19.8 Å². The van der Waals surface area contributed by atoms with Gasteiger partial charge in [-0.3, -0.25) is 0 Å². The van der Waals surface area contributed by atoms with Crippen LogP contribution in [-0.2, 0) is 6.42 Å². The van der Waals surface area contributed by atoms with E-state index in [1.165, 1.54) is 0 Å². The number of aryl methyl sites for hydroxylation is 1. The van der Waals surface area contributed by atoms with Gasteiger partial charge in [-0.05, 0) is 19.3 Å². The largest absolute Gasteiger partial charge is 0.475 e. The van der Waals surface area contributed by atoms with Crippen LogP contribution in [0.2, 0.25) is 0 Å². The Morgan fingerprint density at radius 2 is 2.04 bits per heavy atom. The minimum absolute atomic E-state index is 0.0285. The van der Waals surface area contributed by atoms with Crippen molar-refractivity contribution in [2.45, 2.75) is 45.1 Å². The number of hydrogen-bond acceptors (Lipinski definition) is 5. The minimum Gasteiger partial charge on any atom is -0.475 e. The van der Waals surface area contributed by atoms with Crippen LogP contribution in [0.3, 0.4) is 0 Å². The molecule has 4 rings (SSSR count). The fourth-order valence-electron chi connectivity index (χ4n) is 3.49. The molecule has 5 nitrogen and oxygen atoms in total. The standard InChI is InChI=1S/C16H18F2N4O/c1-2-10-12(17)13-11-14(21-16(18)20-13)22-7-5-3-4-6-9(22)8-23-15(11)19-10/h9H,2-8H2,1H3/t9-/m0/s1. The first-order valence-corrected chi connectivity index (χ1v) is 8.14. The molecule has 0 saturated carbocycles. The van der Waals surface area contributed by atoms with Crippen molar-refractivity contribution >= 4 is 16.7 Å². The number of fused-ring (bicyclic) bond motifs is 2. The summed E-state index contributed by atoms with van der Waals surface area (Å²) < 4.78 is 34.4. The molecule has 0 aliphatic carbocycles. The highest BCUT2D eigenvalue weighted by atomic mass is 19.1. The van der Waals surface area contributed by atoms with Gasteiger partial charge in [0.15, 0.2) is 5.82 Å². The molecule has 2 aromatic rings. The van der Waals surface area contributed by atoms with Crippen molar-refractivity contribution in [3.63, 3.8) is 0 Å². The van der Waals surface area contributed by atoms with Crippen molar-refractivity contribution in [1.82, 2.24) is 15.0 Å². The van der Waals surface area contributed by atoms with E-state index in [9.17, 15) is 8.78 Å². The van der Waals surface area contributed by atoms with Crippen molar-refractivity contribution in [2.75, 3.05) is 18.1 Å². The summed E-state index contributed by atoms with van der Waals surface area (Å²) in [4.78, 5) is 14.0. The monoisotopic (exact) mass is 320 g/mol. The normalized spacial score (nSPS) is 20.7. The number of rotatable bonds is 1. The summed E-state index contributed by atoms with van der Waals surface area (Å²) in [5, 5.41) is 0.394. The zero-order valence-corrected chi connectivity index (χ0v) is 13.0. The van der Waals surface area contributed by atoms with Crippen LogP contribution < -0.4 is 9.64 Å². The van der Waals surface area contributed by atoms with Crippen molar-refractivity contribution in [1.29, 1.82) is 0 Å². The third kappa shape index (κ3) is 2.29. The van der Waals surface area contributed by atoms with E-state index in [1.54, 1.807) is 6.92 Å². The van der Waals surface area contributed by atoms with Gasteiger partial charge in [-0.25, -0.2) is 9.37 Å². The summed E-state index contributed by atoms with van der Waals surface area (Å²) in [7, 11) is 0. The summed E-state index contributed by atoms with van der Waals surface area (Å²) in [6, 6.07) is 0.109. The summed E-state index contributed by atoms with van der Waals surface area (Å²) in [5.41, 5.74) is 0.216. The predicted molar refractivity (Wildman–Crippen MR) is 81.7 cm³/mol. The van der Waals surface area contributed by atoms with Crippen LogP contribution in [0.15, 0.2) is 0 Å². The van der Waals surface area contributed by atoms with Gasteiger partial charge in [-0.15, -0.1) is 0 Å². The lowest BCUT2D eigenvalue weighted by molar-refractivity contribution is 0.274. The van der Waals surface area contributed by atoms with Crippen LogP contribution in [-0.4, -0.2) is 34.1 Å². The number of ether oxygens (including phenoxy) is 1. The molecule has 0 amide bonds. The van der Waals surface area contributed by atoms with Crippen molar-refractivity contribution < 1.29 is 13.5 Å². The van der Waals surface area contributed by atoms with Crippen LogP contribution in [0.25, 0.3) is 10.9 Å². The number of halogens is 2. The van der Waals surface area contributed by atoms with Crippen LogP contribution in [0.1, 0.15) is 38.3 Å². The Bertz CT molecular complexity index is 768. The summed E-state index contributed by atoms with van der Waals surface area (Å²) >= 11 is 0. The Balaban J connectivity index is 2.01. The Hall–Kier alpha value is -2.05. The van der Waals surface area contributed by atoms with Gasteiger partial charge in [0.25, 0.3) is 0 Å². The molecule has 122 valence electrons. The zero-order valence-electron chi connectivity index (χ0n) is 13.0. The molecule has 0 aromatic carbocycles. The molecule has 0 N–H and O–H groups in total. The van der Waals surface area contributed by atoms with E-state index in [1.807, 2.05) is 4.90 Å². The molecule has 1 saturated heterocycles. The molecular formula is C16H18F2N4O. The molecule has 1 atom stereocenters. The average molecular weight is 320 g/mol. The molecule has 0 radical (unpaired) electrons. The second-order valence-corrected chi connectivity index (χ2v) is 6.08. The fraction of sp³-hybridized carbons (Fsp3) is 0.562. The molecule has 1 fully saturated rings. The van der Waals surface area contributed by atoms with Crippen LogP contribution in [0.5, 0.6) is 5.88 Å². The number of hydrogen-bond donors (Lipinski definition) is 0. The van der Waals surface area contributed by atoms with E-state index in [4.69, 9.17) is 4.74 Å². The van der Waals surface area contributed by atoms with Gasteiger partial charge in [0, 0.05) is 6.54 Å². The van der Waals surface area contributed by atoms with E-state index in [2.05, 4.69) is 15.0 Å². The topological polar surface area (TPSA) is 51.1 Å². The smallest absolute Gasteiger partial charge is 0.311 e. The molecule has 2 aliphatic rings. The first-order valence-electron chi connectivity index (χ1n) is 8.14. The number of nitrogens with zero attached hydrogens (tertiary/aromatic N) is 4. The second-order valence-electron chi connectivity index (χ2n) is 6.08. The highest BCUT2D eigenvalue weighted by Crippen LogP contribution is 2.38. The van der Waals surface area contributed by atoms with Gasteiger partial charge in [0.05, 0.1) is 11.7 Å². The van der Waals surface area contributed by atoms with Crippen LogP contribution >= 0.6 is 0 Å². The quantitative estimate of drug-likeness (QED) is 0.756. The summed E-state index contributed by atoms with van der Waals surface area (Å²) in [5.74, 6) is 0.160. The van der Waals surface area contributed by atoms with Gasteiger partial charge in [0.1, 0.15) is 23.3 Å². The average Bonchev–Trinajstić information content (AvgIpc) is 2.85. The van der Waals surface area contributed by atoms with Crippen molar-refractivity contribution in [3.05, 3.63) is 17.6 Å². The first-order chi connectivity index (χ1) is 11.2. The third-order valence-corrected chi connectivity index (χ3v) is 4.67. The number of anilines is 1. The SMILES string of the molecule is CCc1nc2c3c(nc(F)nc3c1F)N1CCCCC[C@H]1CO2. The lowest BCUT2D eigenvalue weighted by Crippen LogP contribution is -2.38. The summed E-state index contributed by atoms with van der Waals surface area (Å²) in [6.45, 7) is 3.01. The minimum atomic E-state index is -0.907. The zero-order chi connectivity index (χ0) is 16.0. The molecule has 4 heterocycles. The second kappa shape index (κ2) is 5.54. The summed E-state index contributed by atoms with van der Waals surface area (Å²) in [6.07, 6.45) is 3.66. The Labute approximate surface area is 132 Å². The fourth-order valence-corrected chi connectivity index (χ4v) is 3.49. The van der Waals surface area contributed by atoms with Gasteiger partial charge >= 0.3 is 6.08 Å². The van der Waals surface area contributed by atoms with Gasteiger partial charge < -0.3 is 9.64 Å². The van der Waals surface area contributed by atoms with E-state index in [0.717, 1.165) is 32.2 Å². The Morgan fingerprint density at radius 1 is 1.17 bits per heavy atom. The van der Waals surface area contributed by atoms with Gasteiger partial charge in [-0.2, -0.15) is 14.4 Å². The first kappa shape index (κ1) is 14.5. The molecule has 23 heavy (non-hydrogen) atoms. The Kier molecular flexibility index (Phi) is 3.50. The maximum Gasteiger partial charge on any atom is 0.311 e. The molecule has 7 heteroatoms. The van der Waals surface area contributed by atoms with E-state index >= 15 is 0 Å². The van der Waals surface area contributed by atoms with E-state index in [0.29, 0.717) is 30.1 Å². The number of aromatic nitrogens is 3. The lowest BCUT2D eigenvalue weighted by Gasteiger charge is -2.28. The molecule has 2 aromatic heterocycles. The molecule has 0 spiro atoms. The van der Waals surface area contributed by atoms with Crippen LogP contribution in [0, 0.1) is 11.9 Å². The van der Waals surface area contributed by atoms with Crippen molar-refractivity contribution in [3.8, 4) is 5.88 Å². The van der Waals surface area contributed by atoms with E-state index in [-0.39, 0.29) is 17.3 Å². The van der Waals surface area contributed by atoms with E-state index < -0.39 is 11.9 Å². The lowest BCUT2D eigenvalue weighted by atomic mass is 10.1. The molecule has 0 unspecified atom stereocenters. The molecule has 2 aliphatic heterocycles. The number of pyridine rings is 1. The molecule has 0 bridgehead atoms. The maximum absolute atomic E-state index is 14.6. The predicted octanol–water partition coefficient (Wildman–Crippen LogP) is 3.01. The highest BCUT2D eigenvalue weighted by Gasteiger charge is 2.32. The third-order valence-electron chi connectivity index (χ3n) is 4.67. The Morgan fingerprint density at radius 3 is 2.87 bits per heavy atom. The maximum atomic E-state index is 14.6. The molecular weight excluding hydrogens is 302 g/mol.